The van der Waals surface area contributed by atoms with Gasteiger partial charge in [0.05, 0.1) is 26.8 Å². The maximum atomic E-state index is 5.12. The van der Waals surface area contributed by atoms with E-state index in [1.165, 1.54) is 30.9 Å². The summed E-state index contributed by atoms with van der Waals surface area (Å²) in [5, 5.41) is 4.86. The number of thiazole rings is 1. The molecule has 0 atom stereocenters. The molecule has 0 aliphatic heterocycles. The second kappa shape index (κ2) is 8.76. The smallest absolute Gasteiger partial charge is 0.238 e. The molecule has 0 fully saturated rings. The third kappa shape index (κ3) is 3.53. The number of fused-ring (bicyclic) bond motifs is 7. The van der Waals surface area contributed by atoms with E-state index in [4.69, 9.17) is 15.0 Å². The van der Waals surface area contributed by atoms with Crippen molar-refractivity contribution in [2.75, 3.05) is 0 Å². The maximum Gasteiger partial charge on any atom is 0.238 e. The van der Waals surface area contributed by atoms with Crippen molar-refractivity contribution in [1.82, 2.24) is 24.5 Å². The molecular weight excluding hydrogens is 543 g/mol. The van der Waals surface area contributed by atoms with E-state index in [0.717, 1.165) is 32.4 Å². The van der Waals surface area contributed by atoms with Gasteiger partial charge in [-0.15, -0.1) is 22.7 Å². The van der Waals surface area contributed by atoms with Crippen molar-refractivity contribution in [1.29, 1.82) is 0 Å². The van der Waals surface area contributed by atoms with Gasteiger partial charge in [-0.25, -0.2) is 9.97 Å². The fourth-order valence-corrected chi connectivity index (χ4v) is 7.53. The third-order valence-electron chi connectivity index (χ3n) is 7.63. The van der Waals surface area contributed by atoms with Gasteiger partial charge in [0, 0.05) is 42.1 Å². The molecule has 0 spiro atoms. The van der Waals surface area contributed by atoms with Gasteiger partial charge >= 0.3 is 0 Å². The lowest BCUT2D eigenvalue weighted by Crippen LogP contribution is -2.06. The lowest BCUT2D eigenvalue weighted by molar-refractivity contribution is 0.954. The van der Waals surface area contributed by atoms with Gasteiger partial charge in [0.25, 0.3) is 0 Å². The van der Waals surface area contributed by atoms with Crippen LogP contribution in [0.15, 0.2) is 115 Å². The van der Waals surface area contributed by atoms with Crippen LogP contribution in [0, 0.1) is 0 Å². The second-order valence-electron chi connectivity index (χ2n) is 10.00. The second-order valence-corrected chi connectivity index (χ2v) is 12.0. The fraction of sp³-hybridized carbons (Fsp3) is 0. The van der Waals surface area contributed by atoms with Gasteiger partial charge in [-0.05, 0) is 42.5 Å². The van der Waals surface area contributed by atoms with Crippen molar-refractivity contribution in [2.24, 2.45) is 0 Å². The van der Waals surface area contributed by atoms with Crippen molar-refractivity contribution in [3.05, 3.63) is 115 Å². The minimum absolute atomic E-state index is 0.595. The molecule has 4 aromatic heterocycles. The van der Waals surface area contributed by atoms with E-state index in [0.29, 0.717) is 17.6 Å². The molecule has 7 heteroatoms. The number of aromatic nitrogens is 5. The van der Waals surface area contributed by atoms with Gasteiger partial charge in [0.2, 0.25) is 5.95 Å². The Morgan fingerprint density at radius 2 is 1.15 bits per heavy atom. The molecule has 41 heavy (non-hydrogen) atoms. The molecule has 0 bridgehead atoms. The van der Waals surface area contributed by atoms with Gasteiger partial charge in [-0.1, -0.05) is 66.7 Å². The third-order valence-corrected chi connectivity index (χ3v) is 9.57. The summed E-state index contributed by atoms with van der Waals surface area (Å²) in [5.74, 6) is 1.86. The van der Waals surface area contributed by atoms with Crippen molar-refractivity contribution < 1.29 is 0 Å². The molecule has 4 heterocycles. The number of hydrogen-bond donors (Lipinski definition) is 0. The van der Waals surface area contributed by atoms with Crippen molar-refractivity contribution >= 4 is 74.9 Å². The summed E-state index contributed by atoms with van der Waals surface area (Å²) in [6.45, 7) is 0. The first-order chi connectivity index (χ1) is 20.3. The van der Waals surface area contributed by atoms with E-state index in [1.54, 1.807) is 22.7 Å². The van der Waals surface area contributed by atoms with Gasteiger partial charge in [0.15, 0.2) is 11.6 Å². The molecule has 0 unspecified atom stereocenters. The lowest BCUT2D eigenvalue weighted by atomic mass is 10.1. The summed E-state index contributed by atoms with van der Waals surface area (Å²) in [7, 11) is 0. The van der Waals surface area contributed by atoms with E-state index in [-0.39, 0.29) is 0 Å². The standard InChI is InChI=1S/C34H19N5S2/c1-4-10-27-22(7-1)23-8-2-5-11-28(23)39(27)34-37-32(20-14-16-30-26(17-20)35-19-40-30)36-33(38-34)21-13-15-25-24-9-3-6-12-29(24)41-31(25)18-21/h1-19H. The highest BCUT2D eigenvalue weighted by Gasteiger charge is 2.18. The van der Waals surface area contributed by atoms with Crippen LogP contribution in [0.1, 0.15) is 0 Å². The molecule has 0 aliphatic carbocycles. The number of benzene rings is 5. The van der Waals surface area contributed by atoms with Crippen molar-refractivity contribution in [2.45, 2.75) is 0 Å². The summed E-state index contributed by atoms with van der Waals surface area (Å²) >= 11 is 3.43. The molecular formula is C34H19N5S2. The van der Waals surface area contributed by atoms with Crippen LogP contribution in [-0.4, -0.2) is 24.5 Å². The molecule has 5 nitrogen and oxygen atoms in total. The molecule has 9 rings (SSSR count). The first-order valence-electron chi connectivity index (χ1n) is 13.3. The molecule has 5 aromatic carbocycles. The Kier molecular flexibility index (Phi) is 4.87. The quantitative estimate of drug-likeness (QED) is 0.216. The molecule has 9 aromatic rings. The summed E-state index contributed by atoms with van der Waals surface area (Å²) in [6.07, 6.45) is 0. The minimum Gasteiger partial charge on any atom is -0.278 e. The van der Waals surface area contributed by atoms with Crippen LogP contribution in [0.25, 0.3) is 80.9 Å². The Morgan fingerprint density at radius 3 is 1.93 bits per heavy atom. The Balaban J connectivity index is 1.33. The van der Waals surface area contributed by atoms with E-state index >= 15 is 0 Å². The Bertz CT molecular complexity index is 2400. The predicted octanol–water partition coefficient (Wildman–Crippen LogP) is 9.28. The Morgan fingerprint density at radius 1 is 0.512 bits per heavy atom. The highest BCUT2D eigenvalue weighted by molar-refractivity contribution is 7.25. The van der Waals surface area contributed by atoms with Gasteiger partial charge < -0.3 is 0 Å². The minimum atomic E-state index is 0.595. The SMILES string of the molecule is c1ccc2c(c1)sc1cc(-c3nc(-c4ccc5scnc5c4)nc(-n4c5ccccc5c5ccccc54)n3)ccc12. The van der Waals surface area contributed by atoms with E-state index < -0.39 is 0 Å². The molecule has 0 saturated heterocycles. The van der Waals surface area contributed by atoms with Crippen molar-refractivity contribution in [3.8, 4) is 28.7 Å². The number of para-hydroxylation sites is 2. The zero-order chi connectivity index (χ0) is 26.9. The van der Waals surface area contributed by atoms with Crippen LogP contribution in [0.5, 0.6) is 0 Å². The number of hydrogen-bond acceptors (Lipinski definition) is 6. The van der Waals surface area contributed by atoms with Crippen molar-refractivity contribution in [3.63, 3.8) is 0 Å². The van der Waals surface area contributed by atoms with Crippen LogP contribution >= 0.6 is 22.7 Å². The van der Waals surface area contributed by atoms with Crippen LogP contribution in [-0.2, 0) is 0 Å². The molecule has 0 saturated carbocycles. The topological polar surface area (TPSA) is 56.5 Å². The Labute approximate surface area is 242 Å². The number of thiophene rings is 1. The van der Waals surface area contributed by atoms with Gasteiger partial charge in [0.1, 0.15) is 0 Å². The Hall–Kier alpha value is -4.98. The molecule has 0 radical (unpaired) electrons. The highest BCUT2D eigenvalue weighted by atomic mass is 32.1. The summed E-state index contributed by atoms with van der Waals surface area (Å²) in [5.41, 5.74) is 6.82. The van der Waals surface area contributed by atoms with Gasteiger partial charge in [-0.3, -0.25) is 4.57 Å². The maximum absolute atomic E-state index is 5.12. The average molecular weight is 562 g/mol. The zero-order valence-corrected chi connectivity index (χ0v) is 23.2. The van der Waals surface area contributed by atoms with Crippen LogP contribution in [0.2, 0.25) is 0 Å². The van der Waals surface area contributed by atoms with Gasteiger partial charge in [-0.2, -0.15) is 9.97 Å². The van der Waals surface area contributed by atoms with E-state index in [1.807, 2.05) is 5.51 Å². The molecule has 192 valence electrons. The molecule has 0 aliphatic rings. The number of rotatable bonds is 3. The fourth-order valence-electron chi connectivity index (χ4n) is 5.72. The van der Waals surface area contributed by atoms with Crippen LogP contribution in [0.4, 0.5) is 0 Å². The monoisotopic (exact) mass is 561 g/mol. The largest absolute Gasteiger partial charge is 0.278 e. The number of nitrogens with zero attached hydrogens (tertiary/aromatic N) is 5. The summed E-state index contributed by atoms with van der Waals surface area (Å²) in [4.78, 5) is 19.8. The molecule has 0 amide bonds. The van der Waals surface area contributed by atoms with E-state index in [2.05, 4.69) is 119 Å². The zero-order valence-electron chi connectivity index (χ0n) is 21.5. The predicted molar refractivity (Wildman–Crippen MR) is 171 cm³/mol. The first-order valence-corrected chi connectivity index (χ1v) is 15.0. The van der Waals surface area contributed by atoms with Crippen LogP contribution in [0.3, 0.4) is 0 Å². The average Bonchev–Trinajstić information content (AvgIpc) is 3.74. The normalized spacial score (nSPS) is 11.9. The van der Waals surface area contributed by atoms with E-state index in [9.17, 15) is 0 Å². The summed E-state index contributed by atoms with van der Waals surface area (Å²) < 4.78 is 5.78. The lowest BCUT2D eigenvalue weighted by Gasteiger charge is -2.11. The highest BCUT2D eigenvalue weighted by Crippen LogP contribution is 2.37. The van der Waals surface area contributed by atoms with Crippen LogP contribution < -0.4 is 0 Å². The molecule has 0 N–H and O–H groups in total. The first kappa shape index (κ1) is 22.8. The summed E-state index contributed by atoms with van der Waals surface area (Å²) in [6, 6.07) is 38.1.